The smallest absolute Gasteiger partial charge is 0.310 e. The second kappa shape index (κ2) is 10.9. The van der Waals surface area contributed by atoms with E-state index in [1.54, 1.807) is 35.7 Å². The number of thioether (sulfide) groups is 1. The molecule has 0 radical (unpaired) electrons. The van der Waals surface area contributed by atoms with Crippen LogP contribution in [0.2, 0.25) is 0 Å². The lowest BCUT2D eigenvalue weighted by atomic mass is 9.66. The third-order valence-corrected chi connectivity index (χ3v) is 9.92. The van der Waals surface area contributed by atoms with Crippen molar-refractivity contribution in [2.75, 3.05) is 19.8 Å². The van der Waals surface area contributed by atoms with Crippen LogP contribution in [-0.4, -0.2) is 80.6 Å². The van der Waals surface area contributed by atoms with Crippen LogP contribution >= 0.6 is 11.8 Å². The van der Waals surface area contributed by atoms with Crippen LogP contribution in [0.1, 0.15) is 53.4 Å². The molecular weight excluding hydrogens is 452 g/mol. The molecule has 0 aromatic carbocycles. The van der Waals surface area contributed by atoms with Gasteiger partial charge in [-0.2, -0.15) is 0 Å². The Hall–Kier alpha value is -1.80. The van der Waals surface area contributed by atoms with Gasteiger partial charge in [-0.1, -0.05) is 32.4 Å². The van der Waals surface area contributed by atoms with E-state index in [4.69, 9.17) is 4.74 Å². The van der Waals surface area contributed by atoms with Gasteiger partial charge >= 0.3 is 5.97 Å². The molecule has 3 rings (SSSR count). The molecule has 34 heavy (non-hydrogen) atoms. The summed E-state index contributed by atoms with van der Waals surface area (Å²) in [5.41, 5.74) is 0. The highest BCUT2D eigenvalue weighted by Gasteiger charge is 2.77. The third-order valence-electron chi connectivity index (χ3n) is 7.84. The molecule has 0 saturated carbocycles. The number of rotatable bonds is 12. The number of hydrogen-bond acceptors (Lipinski definition) is 6. The zero-order valence-corrected chi connectivity index (χ0v) is 21.8. The predicted octanol–water partition coefficient (Wildman–Crippen LogP) is 3.03. The summed E-state index contributed by atoms with van der Waals surface area (Å²) in [6, 6.07) is -1.27. The molecule has 3 saturated heterocycles. The van der Waals surface area contributed by atoms with Crippen LogP contribution in [0.4, 0.5) is 0 Å². The van der Waals surface area contributed by atoms with Gasteiger partial charge in [0.15, 0.2) is 0 Å². The fraction of sp³-hybridized carbons (Fsp3) is 0.731. The monoisotopic (exact) mass is 492 g/mol. The molecule has 0 aromatic rings. The van der Waals surface area contributed by atoms with Crippen LogP contribution in [0.25, 0.3) is 0 Å². The molecule has 8 heteroatoms. The highest BCUT2D eigenvalue weighted by Crippen LogP contribution is 2.69. The summed E-state index contributed by atoms with van der Waals surface area (Å²) in [4.78, 5) is 44.7. The van der Waals surface area contributed by atoms with Gasteiger partial charge in [0.05, 0.1) is 35.8 Å². The maximum Gasteiger partial charge on any atom is 0.310 e. The first kappa shape index (κ1) is 26.8. The van der Waals surface area contributed by atoms with Crippen molar-refractivity contribution in [2.24, 2.45) is 17.8 Å². The second-order valence-corrected chi connectivity index (χ2v) is 11.5. The minimum atomic E-state index is -0.734. The van der Waals surface area contributed by atoms with E-state index < -0.39 is 28.7 Å². The second-order valence-electron chi connectivity index (χ2n) is 9.99. The van der Waals surface area contributed by atoms with E-state index in [1.807, 2.05) is 11.8 Å². The van der Waals surface area contributed by atoms with E-state index in [0.29, 0.717) is 13.0 Å². The summed E-state index contributed by atoms with van der Waals surface area (Å²) in [6.07, 6.45) is 6.50. The fourth-order valence-corrected chi connectivity index (χ4v) is 8.66. The van der Waals surface area contributed by atoms with Crippen LogP contribution in [0.15, 0.2) is 25.3 Å². The maximum atomic E-state index is 14.2. The van der Waals surface area contributed by atoms with Gasteiger partial charge in [0, 0.05) is 17.8 Å². The van der Waals surface area contributed by atoms with Gasteiger partial charge in [-0.05, 0) is 39.0 Å². The van der Waals surface area contributed by atoms with Crippen molar-refractivity contribution >= 4 is 29.5 Å². The summed E-state index contributed by atoms with van der Waals surface area (Å²) in [7, 11) is 0. The standard InChI is InChI=1S/C26H40N2O5S/c1-7-10-13-33-25(32)20-19-14-16(4)26(34-19)21(20)23(30)28(18(6)15-29)22(26)24(31)27(12-9-3)17(5)11-8-2/h7,9,16-22,29H,1,3,8,10-15H2,2,4-6H3/t16?,17?,18-,19-,20+,21+,22?,26?/m1/s1. The number of amides is 2. The van der Waals surface area contributed by atoms with Crippen LogP contribution in [0.3, 0.4) is 0 Å². The zero-order valence-electron chi connectivity index (χ0n) is 20.9. The summed E-state index contributed by atoms with van der Waals surface area (Å²) in [5, 5.41) is 9.97. The number of aliphatic hydroxyl groups excluding tert-OH is 1. The Morgan fingerprint density at radius 2 is 2.06 bits per heavy atom. The van der Waals surface area contributed by atoms with Crippen molar-refractivity contribution in [1.29, 1.82) is 0 Å². The topological polar surface area (TPSA) is 87.1 Å². The lowest BCUT2D eigenvalue weighted by molar-refractivity contribution is -0.154. The normalized spacial score (nSPS) is 33.4. The van der Waals surface area contributed by atoms with E-state index in [0.717, 1.165) is 19.3 Å². The first-order valence-electron chi connectivity index (χ1n) is 12.5. The molecule has 2 bridgehead atoms. The van der Waals surface area contributed by atoms with Gasteiger partial charge in [0.1, 0.15) is 6.04 Å². The third kappa shape index (κ3) is 4.21. The highest BCUT2D eigenvalue weighted by atomic mass is 32.2. The number of ether oxygens (including phenoxy) is 1. The lowest BCUT2D eigenvalue weighted by Gasteiger charge is -2.42. The number of hydrogen-bond donors (Lipinski definition) is 1. The van der Waals surface area contributed by atoms with Crippen LogP contribution < -0.4 is 0 Å². The summed E-state index contributed by atoms with van der Waals surface area (Å²) in [6.45, 7) is 15.9. The van der Waals surface area contributed by atoms with Crippen molar-refractivity contribution in [3.8, 4) is 0 Å². The first-order chi connectivity index (χ1) is 16.2. The molecule has 0 aromatic heterocycles. The van der Waals surface area contributed by atoms with Crippen LogP contribution in [0.5, 0.6) is 0 Å². The van der Waals surface area contributed by atoms with E-state index in [9.17, 15) is 19.5 Å². The number of fused-ring (bicyclic) bond motifs is 1. The van der Waals surface area contributed by atoms with Crippen LogP contribution in [-0.2, 0) is 19.1 Å². The van der Waals surface area contributed by atoms with Gasteiger partial charge in [0.2, 0.25) is 11.8 Å². The summed E-state index contributed by atoms with van der Waals surface area (Å²) in [5.74, 6) is -1.82. The van der Waals surface area contributed by atoms with Gasteiger partial charge in [0.25, 0.3) is 0 Å². The van der Waals surface area contributed by atoms with Crippen molar-refractivity contribution in [3.05, 3.63) is 25.3 Å². The Balaban J connectivity index is 2.05. The number of carbonyl (C=O) groups excluding carboxylic acids is 3. The maximum absolute atomic E-state index is 14.2. The van der Waals surface area contributed by atoms with Crippen molar-refractivity contribution in [2.45, 2.75) is 81.5 Å². The minimum Gasteiger partial charge on any atom is -0.465 e. The van der Waals surface area contributed by atoms with E-state index >= 15 is 0 Å². The van der Waals surface area contributed by atoms with Crippen molar-refractivity contribution in [1.82, 2.24) is 9.80 Å². The Kier molecular flexibility index (Phi) is 8.56. The summed E-state index contributed by atoms with van der Waals surface area (Å²) < 4.78 is 4.82. The molecule has 3 aliphatic heterocycles. The van der Waals surface area contributed by atoms with Gasteiger partial charge in [-0.3, -0.25) is 14.4 Å². The number of aliphatic hydroxyl groups is 1. The largest absolute Gasteiger partial charge is 0.465 e. The zero-order chi connectivity index (χ0) is 25.2. The van der Waals surface area contributed by atoms with E-state index in [-0.39, 0.29) is 48.2 Å². The molecule has 2 amide bonds. The molecule has 3 heterocycles. The van der Waals surface area contributed by atoms with Crippen LogP contribution in [0, 0.1) is 17.8 Å². The fourth-order valence-electron chi connectivity index (χ4n) is 6.27. The number of likely N-dealkylation sites (tertiary alicyclic amines) is 1. The molecule has 7 nitrogen and oxygen atoms in total. The molecule has 1 N–H and O–H groups in total. The summed E-state index contributed by atoms with van der Waals surface area (Å²) >= 11 is 1.63. The lowest BCUT2D eigenvalue weighted by Crippen LogP contribution is -2.60. The van der Waals surface area contributed by atoms with Gasteiger partial charge < -0.3 is 19.6 Å². The first-order valence-corrected chi connectivity index (χ1v) is 13.4. The van der Waals surface area contributed by atoms with Crippen molar-refractivity contribution < 1.29 is 24.2 Å². The minimum absolute atomic E-state index is 0.00842. The molecule has 0 aliphatic carbocycles. The highest BCUT2D eigenvalue weighted by molar-refractivity contribution is 8.02. The Morgan fingerprint density at radius 1 is 1.35 bits per heavy atom. The van der Waals surface area contributed by atoms with Gasteiger partial charge in [-0.25, -0.2) is 0 Å². The Bertz CT molecular complexity index is 819. The average molecular weight is 493 g/mol. The van der Waals surface area contributed by atoms with Crippen molar-refractivity contribution in [3.63, 3.8) is 0 Å². The number of nitrogens with zero attached hydrogens (tertiary/aromatic N) is 2. The van der Waals surface area contributed by atoms with E-state index in [1.165, 1.54) is 0 Å². The molecule has 4 unspecified atom stereocenters. The van der Waals surface area contributed by atoms with E-state index in [2.05, 4.69) is 27.0 Å². The number of carbonyl (C=O) groups is 3. The van der Waals surface area contributed by atoms with Gasteiger partial charge in [-0.15, -0.1) is 24.9 Å². The molecule has 190 valence electrons. The average Bonchev–Trinajstić information content (AvgIpc) is 3.40. The molecular formula is C26H40N2O5S. The SMILES string of the molecule is C=CCCOC(=O)[C@@H]1[C@H]2C(=O)N([C@H](C)CO)C(C(=O)N(CC=C)C(C)CCC)C23S[C@@H]1CC3C. The quantitative estimate of drug-likeness (QED) is 0.256. The Labute approximate surface area is 208 Å². The molecule has 1 spiro atoms. The molecule has 3 aliphatic rings. The molecule has 8 atom stereocenters. The predicted molar refractivity (Wildman–Crippen MR) is 134 cm³/mol. The Morgan fingerprint density at radius 3 is 2.65 bits per heavy atom. The molecule has 3 fully saturated rings. The number of esters is 1.